The van der Waals surface area contributed by atoms with E-state index in [1.165, 1.54) is 25.7 Å². The van der Waals surface area contributed by atoms with Gasteiger partial charge in [0.1, 0.15) is 19.3 Å². The lowest BCUT2D eigenvalue weighted by atomic mass is 10.1. The third-order valence-corrected chi connectivity index (χ3v) is 17.8. The molecule has 0 aromatic heterocycles. The largest absolute Gasteiger partial charge is 0.472 e. The molecule has 574 valence electrons. The summed E-state index contributed by atoms with van der Waals surface area (Å²) in [5, 5.41) is 10.6. The minimum absolute atomic E-state index is 0.0729. The van der Waals surface area contributed by atoms with Crippen LogP contribution in [-0.2, 0) is 65.4 Å². The monoisotopic (exact) mass is 1440 g/mol. The summed E-state index contributed by atoms with van der Waals surface area (Å²) in [6.07, 6.45) is 79.0. The molecule has 0 aliphatic heterocycles. The zero-order chi connectivity index (χ0) is 73.2. The number of allylic oxidation sites excluding steroid dienone is 20. The summed E-state index contributed by atoms with van der Waals surface area (Å²) in [5.74, 6) is -2.23. The van der Waals surface area contributed by atoms with Gasteiger partial charge in [-0.1, -0.05) is 258 Å². The molecule has 0 aromatic rings. The SMILES string of the molecule is CC/C=C\C/C=C\C/C=C\C/C=C\CCCCCCCCC(=O)OCC(COP(=O)(O)OCC(O)COP(=O)(O)OCC(COC(=O)CCCCCCC/C=C\C/C=C\C/C=C\CC)OC(=O)CCCCCCC/C=C\CCCCCC)OC(=O)CCCCCCC/C=C\C/C=C\CCC. The molecule has 0 spiro atoms. The molecule has 100 heavy (non-hydrogen) atoms. The van der Waals surface area contributed by atoms with E-state index in [1.54, 1.807) is 0 Å². The number of rotatable bonds is 72. The van der Waals surface area contributed by atoms with Gasteiger partial charge in [0.05, 0.1) is 26.4 Å². The number of aliphatic hydroxyl groups is 1. The first-order chi connectivity index (χ1) is 48.7. The van der Waals surface area contributed by atoms with Gasteiger partial charge in [0.2, 0.25) is 0 Å². The van der Waals surface area contributed by atoms with Gasteiger partial charge in [-0.05, 0) is 148 Å². The lowest BCUT2D eigenvalue weighted by Crippen LogP contribution is -2.30. The highest BCUT2D eigenvalue weighted by atomic mass is 31.2. The van der Waals surface area contributed by atoms with Crippen LogP contribution in [0.1, 0.15) is 310 Å². The number of phosphoric acid groups is 2. The van der Waals surface area contributed by atoms with Crippen LogP contribution in [0, 0.1) is 0 Å². The third-order valence-electron chi connectivity index (χ3n) is 15.9. The van der Waals surface area contributed by atoms with Crippen LogP contribution in [0.3, 0.4) is 0 Å². The molecular formula is C81H138O17P2. The van der Waals surface area contributed by atoms with Gasteiger partial charge in [0.15, 0.2) is 12.2 Å². The zero-order valence-electron chi connectivity index (χ0n) is 62.6. The lowest BCUT2D eigenvalue weighted by Gasteiger charge is -2.21. The zero-order valence-corrected chi connectivity index (χ0v) is 64.4. The van der Waals surface area contributed by atoms with Crippen LogP contribution in [0.15, 0.2) is 122 Å². The van der Waals surface area contributed by atoms with Crippen molar-refractivity contribution in [3.63, 3.8) is 0 Å². The molecular weight excluding hydrogens is 1310 g/mol. The number of aliphatic hydroxyl groups excluding tert-OH is 1. The molecule has 3 N–H and O–H groups in total. The molecule has 0 aliphatic carbocycles. The maximum Gasteiger partial charge on any atom is 0.472 e. The first kappa shape index (κ1) is 95.5. The van der Waals surface area contributed by atoms with Crippen molar-refractivity contribution >= 4 is 39.5 Å². The Balaban J connectivity index is 5.36. The number of carbonyl (C=O) groups is 4. The minimum atomic E-state index is -4.98. The first-order valence-electron chi connectivity index (χ1n) is 38.8. The average Bonchev–Trinajstić information content (AvgIpc) is 0.935. The van der Waals surface area contributed by atoms with Crippen molar-refractivity contribution in [2.75, 3.05) is 39.6 Å². The van der Waals surface area contributed by atoms with Crippen LogP contribution in [0.2, 0.25) is 0 Å². The number of esters is 4. The second-order valence-corrected chi connectivity index (χ2v) is 28.4. The average molecular weight is 1450 g/mol. The molecule has 17 nitrogen and oxygen atoms in total. The first-order valence-corrected chi connectivity index (χ1v) is 41.8. The van der Waals surface area contributed by atoms with Gasteiger partial charge in [-0.15, -0.1) is 0 Å². The Labute approximate surface area is 606 Å². The fourth-order valence-corrected chi connectivity index (χ4v) is 11.6. The van der Waals surface area contributed by atoms with Gasteiger partial charge in [0, 0.05) is 25.7 Å². The van der Waals surface area contributed by atoms with Crippen LogP contribution in [0.4, 0.5) is 0 Å². The Morgan fingerprint density at radius 3 is 0.850 bits per heavy atom. The van der Waals surface area contributed by atoms with E-state index in [1.807, 2.05) is 0 Å². The summed E-state index contributed by atoms with van der Waals surface area (Å²) in [6, 6.07) is 0. The van der Waals surface area contributed by atoms with Gasteiger partial charge in [-0.2, -0.15) is 0 Å². The molecule has 0 aromatic carbocycles. The van der Waals surface area contributed by atoms with Gasteiger partial charge in [-0.3, -0.25) is 37.3 Å². The maximum atomic E-state index is 13.1. The number of unbranched alkanes of at least 4 members (excludes halogenated alkanes) is 26. The number of carbonyl (C=O) groups excluding carboxylic acids is 4. The van der Waals surface area contributed by atoms with Crippen LogP contribution < -0.4 is 0 Å². The predicted molar refractivity (Wildman–Crippen MR) is 408 cm³/mol. The van der Waals surface area contributed by atoms with E-state index in [-0.39, 0.29) is 25.7 Å². The van der Waals surface area contributed by atoms with E-state index in [2.05, 4.69) is 149 Å². The Morgan fingerprint density at radius 1 is 0.290 bits per heavy atom. The molecule has 19 heteroatoms. The summed E-state index contributed by atoms with van der Waals surface area (Å²) in [4.78, 5) is 72.9. The van der Waals surface area contributed by atoms with E-state index in [4.69, 9.17) is 37.0 Å². The van der Waals surface area contributed by atoms with Crippen LogP contribution in [-0.4, -0.2) is 96.7 Å². The van der Waals surface area contributed by atoms with Crippen molar-refractivity contribution in [1.29, 1.82) is 0 Å². The fraction of sp³-hybridized carbons (Fsp3) is 0.704. The highest BCUT2D eigenvalue weighted by Gasteiger charge is 2.30. The fourth-order valence-electron chi connectivity index (χ4n) is 10.0. The maximum absolute atomic E-state index is 13.1. The van der Waals surface area contributed by atoms with Crippen molar-refractivity contribution in [2.24, 2.45) is 0 Å². The van der Waals surface area contributed by atoms with Crippen LogP contribution in [0.25, 0.3) is 0 Å². The molecule has 0 bridgehead atoms. The summed E-state index contributed by atoms with van der Waals surface area (Å²) < 4.78 is 68.5. The number of ether oxygens (including phenoxy) is 4. The van der Waals surface area contributed by atoms with Gasteiger partial charge < -0.3 is 33.8 Å². The molecule has 0 saturated carbocycles. The highest BCUT2D eigenvalue weighted by molar-refractivity contribution is 7.47. The Kier molecular flexibility index (Phi) is 69.5. The van der Waals surface area contributed by atoms with Crippen molar-refractivity contribution in [2.45, 2.75) is 329 Å². The predicted octanol–water partition coefficient (Wildman–Crippen LogP) is 22.3. The molecule has 0 fully saturated rings. The van der Waals surface area contributed by atoms with E-state index in [9.17, 15) is 43.2 Å². The Bertz CT molecular complexity index is 2370. The van der Waals surface area contributed by atoms with Crippen molar-refractivity contribution in [3.8, 4) is 0 Å². The molecule has 5 atom stereocenters. The van der Waals surface area contributed by atoms with E-state index in [0.29, 0.717) is 25.7 Å². The third kappa shape index (κ3) is 71.8. The van der Waals surface area contributed by atoms with Gasteiger partial charge in [0.25, 0.3) is 0 Å². The summed E-state index contributed by atoms with van der Waals surface area (Å²) in [6.45, 7) is 4.52. The normalized spacial score (nSPS) is 14.6. The van der Waals surface area contributed by atoms with Crippen molar-refractivity contribution < 1.29 is 80.2 Å². The van der Waals surface area contributed by atoms with Gasteiger partial charge in [-0.25, -0.2) is 9.13 Å². The van der Waals surface area contributed by atoms with Crippen molar-refractivity contribution in [3.05, 3.63) is 122 Å². The summed E-state index contributed by atoms with van der Waals surface area (Å²) in [5.41, 5.74) is 0. The molecule has 0 heterocycles. The molecule has 0 amide bonds. The van der Waals surface area contributed by atoms with E-state index >= 15 is 0 Å². The van der Waals surface area contributed by atoms with E-state index < -0.39 is 97.5 Å². The van der Waals surface area contributed by atoms with Crippen LogP contribution >= 0.6 is 15.6 Å². The second kappa shape index (κ2) is 72.8. The molecule has 0 saturated heterocycles. The number of phosphoric ester groups is 2. The molecule has 0 rings (SSSR count). The number of hydrogen-bond acceptors (Lipinski definition) is 15. The van der Waals surface area contributed by atoms with E-state index in [0.717, 1.165) is 205 Å². The lowest BCUT2D eigenvalue weighted by molar-refractivity contribution is -0.161. The molecule has 5 unspecified atom stereocenters. The second-order valence-electron chi connectivity index (χ2n) is 25.5. The molecule has 0 radical (unpaired) electrons. The summed E-state index contributed by atoms with van der Waals surface area (Å²) >= 11 is 0. The van der Waals surface area contributed by atoms with Crippen LogP contribution in [0.5, 0.6) is 0 Å². The topological polar surface area (TPSA) is 237 Å². The van der Waals surface area contributed by atoms with Gasteiger partial charge >= 0.3 is 39.5 Å². The standard InChI is InChI=1S/C81H138O17P2/c1-5-9-13-17-21-25-29-33-35-36-37-38-40-44-46-50-54-58-62-66-79(84)92-72-77(98-81(86)68-64-60-56-52-48-42-32-28-24-20-16-12-8-4)74-96-100(89,90)94-70-75(82)69-93-99(87,88)95-73-76(97-80(85)67-63-59-55-51-47-41-31-27-23-19-15-11-7-3)71-91-78(83)65-61-57-53-49-45-43-39-34-30-26-22-18-14-10-6-2/h9-10,13-14,16,20-22,25-28,31-35,37-39,75-77,82H,5-8,11-12,15,17-19,23-24,29-30,36,40-74H2,1-4H3,(H,87,88)(H,89,90)/b13-9-,14-10-,20-16-,25-21-,26-22-,31-27-,32-28-,35-33-,38-37-,39-34-. The number of hydrogen-bond donors (Lipinski definition) is 3. The quantitative estimate of drug-likeness (QED) is 0.0169. The summed E-state index contributed by atoms with van der Waals surface area (Å²) in [7, 11) is -9.97. The van der Waals surface area contributed by atoms with Crippen molar-refractivity contribution in [1.82, 2.24) is 0 Å². The highest BCUT2D eigenvalue weighted by Crippen LogP contribution is 2.45. The Hall–Kier alpha value is -4.54. The minimum Gasteiger partial charge on any atom is -0.462 e. The molecule has 0 aliphatic rings. The Morgan fingerprint density at radius 2 is 0.540 bits per heavy atom. The smallest absolute Gasteiger partial charge is 0.462 e.